The third-order valence-electron chi connectivity index (χ3n) is 6.03. The van der Waals surface area contributed by atoms with Gasteiger partial charge in [-0.15, -0.1) is 11.3 Å². The second kappa shape index (κ2) is 7.43. The molecule has 1 N–H and O–H groups in total. The first kappa shape index (κ1) is 18.2. The normalized spacial score (nSPS) is 24.3. The molecule has 2 atom stereocenters. The van der Waals surface area contributed by atoms with Gasteiger partial charge in [-0.25, -0.2) is 0 Å². The van der Waals surface area contributed by atoms with Crippen LogP contribution < -0.4 is 5.32 Å². The van der Waals surface area contributed by atoms with Crippen molar-refractivity contribution in [3.63, 3.8) is 0 Å². The minimum Gasteiger partial charge on any atom is -0.317 e. The number of rotatable bonds is 4. The number of amides is 3. The number of hydrogen-bond acceptors (Lipinski definition) is 5. The topological polar surface area (TPSA) is 90.3 Å². The van der Waals surface area contributed by atoms with Gasteiger partial charge in [-0.1, -0.05) is 12.8 Å². The third-order valence-corrected chi connectivity index (χ3v) is 7.24. The van der Waals surface area contributed by atoms with Gasteiger partial charge in [-0.05, 0) is 44.1 Å². The zero-order valence-electron chi connectivity index (χ0n) is 15.3. The number of nitriles is 1. The number of thiophene rings is 1. The predicted molar refractivity (Wildman–Crippen MR) is 101 cm³/mol. The quantitative estimate of drug-likeness (QED) is 0.807. The summed E-state index contributed by atoms with van der Waals surface area (Å²) in [5, 5.41) is 12.9. The van der Waals surface area contributed by atoms with Crippen LogP contribution in [0.25, 0.3) is 0 Å². The molecule has 3 aliphatic rings. The number of anilines is 1. The fourth-order valence-electron chi connectivity index (χ4n) is 4.63. The lowest BCUT2D eigenvalue weighted by Crippen LogP contribution is -2.34. The zero-order valence-corrected chi connectivity index (χ0v) is 16.1. The first-order valence-corrected chi connectivity index (χ1v) is 10.6. The number of nitrogens with one attached hydrogen (secondary N) is 1. The number of imide groups is 1. The first-order chi connectivity index (χ1) is 13.1. The van der Waals surface area contributed by atoms with E-state index in [2.05, 4.69) is 11.4 Å². The van der Waals surface area contributed by atoms with Crippen molar-refractivity contribution in [2.45, 2.75) is 57.8 Å². The van der Waals surface area contributed by atoms with Crippen molar-refractivity contribution in [2.75, 3.05) is 11.9 Å². The molecule has 4 rings (SSSR count). The Kier molecular flexibility index (Phi) is 5.00. The van der Waals surface area contributed by atoms with E-state index in [0.717, 1.165) is 56.9 Å². The van der Waals surface area contributed by atoms with Gasteiger partial charge in [0.05, 0.1) is 17.4 Å². The molecule has 1 saturated carbocycles. The van der Waals surface area contributed by atoms with Crippen molar-refractivity contribution >= 4 is 34.1 Å². The van der Waals surface area contributed by atoms with Crippen molar-refractivity contribution < 1.29 is 14.4 Å². The van der Waals surface area contributed by atoms with Gasteiger partial charge in [0.25, 0.3) is 0 Å². The molecule has 142 valence electrons. The van der Waals surface area contributed by atoms with E-state index in [0.29, 0.717) is 10.6 Å². The lowest BCUT2D eigenvalue weighted by molar-refractivity contribution is -0.140. The van der Waals surface area contributed by atoms with Crippen LogP contribution in [0.3, 0.4) is 0 Å². The van der Waals surface area contributed by atoms with E-state index in [4.69, 9.17) is 0 Å². The van der Waals surface area contributed by atoms with Crippen LogP contribution in [0.15, 0.2) is 0 Å². The van der Waals surface area contributed by atoms with Crippen molar-refractivity contribution in [3.05, 3.63) is 16.0 Å². The Labute approximate surface area is 162 Å². The molecule has 0 radical (unpaired) electrons. The average Bonchev–Trinajstić information content (AvgIpc) is 3.15. The van der Waals surface area contributed by atoms with Crippen LogP contribution in [0.5, 0.6) is 0 Å². The molecule has 2 unspecified atom stereocenters. The molecule has 1 aromatic rings. The van der Waals surface area contributed by atoms with E-state index < -0.39 is 0 Å². The standard InChI is InChI=1S/C20H23N3O3S/c21-11-15-12-5-3-4-8-16(12)27-18(15)22-17(24)9-10-23-19(25)13-6-1-2-7-14(13)20(23)26/h13-14H,1-10H2,(H,22,24). The number of carbonyl (C=O) groups excluding carboxylic acids is 3. The second-order valence-corrected chi connectivity index (χ2v) is 8.76. The summed E-state index contributed by atoms with van der Waals surface area (Å²) in [6.45, 7) is 0.128. The van der Waals surface area contributed by atoms with Crippen LogP contribution in [0, 0.1) is 23.2 Å². The molecule has 1 aliphatic heterocycles. The number of carbonyl (C=O) groups is 3. The van der Waals surface area contributed by atoms with Crippen LogP contribution in [-0.4, -0.2) is 29.2 Å². The zero-order chi connectivity index (χ0) is 19.0. The summed E-state index contributed by atoms with van der Waals surface area (Å²) >= 11 is 1.49. The molecule has 1 aromatic heterocycles. The number of hydrogen-bond donors (Lipinski definition) is 1. The lowest BCUT2D eigenvalue weighted by atomic mass is 9.81. The molecule has 2 aliphatic carbocycles. The fourth-order valence-corrected chi connectivity index (χ4v) is 5.88. The van der Waals surface area contributed by atoms with Crippen LogP contribution in [0.2, 0.25) is 0 Å². The first-order valence-electron chi connectivity index (χ1n) is 9.80. The molecule has 0 spiro atoms. The van der Waals surface area contributed by atoms with E-state index in [-0.39, 0.29) is 42.5 Å². The molecule has 2 fully saturated rings. The monoisotopic (exact) mass is 385 g/mol. The van der Waals surface area contributed by atoms with Gasteiger partial charge in [0, 0.05) is 17.8 Å². The van der Waals surface area contributed by atoms with Crippen molar-refractivity contribution in [2.24, 2.45) is 11.8 Å². The number of likely N-dealkylation sites (tertiary alicyclic amines) is 1. The molecule has 0 aromatic carbocycles. The van der Waals surface area contributed by atoms with Crippen LogP contribution in [0.4, 0.5) is 5.00 Å². The Morgan fingerprint density at radius 2 is 1.78 bits per heavy atom. The highest BCUT2D eigenvalue weighted by Crippen LogP contribution is 2.39. The minimum absolute atomic E-state index is 0.0738. The van der Waals surface area contributed by atoms with Gasteiger partial charge in [0.1, 0.15) is 11.1 Å². The van der Waals surface area contributed by atoms with E-state index >= 15 is 0 Å². The molecule has 2 heterocycles. The van der Waals surface area contributed by atoms with Gasteiger partial charge in [0.2, 0.25) is 17.7 Å². The van der Waals surface area contributed by atoms with E-state index in [1.807, 2.05) is 0 Å². The van der Waals surface area contributed by atoms with Crippen molar-refractivity contribution in [1.29, 1.82) is 5.26 Å². The summed E-state index contributed by atoms with van der Waals surface area (Å²) in [5.74, 6) is -0.823. The summed E-state index contributed by atoms with van der Waals surface area (Å²) in [6, 6.07) is 2.23. The fraction of sp³-hybridized carbons (Fsp3) is 0.600. The number of aryl methyl sites for hydroxylation is 1. The Morgan fingerprint density at radius 3 is 2.44 bits per heavy atom. The van der Waals surface area contributed by atoms with Crippen molar-refractivity contribution in [1.82, 2.24) is 4.90 Å². The molecule has 27 heavy (non-hydrogen) atoms. The summed E-state index contributed by atoms with van der Waals surface area (Å²) in [4.78, 5) is 39.9. The number of nitrogens with zero attached hydrogens (tertiary/aromatic N) is 2. The van der Waals surface area contributed by atoms with Crippen molar-refractivity contribution in [3.8, 4) is 6.07 Å². The smallest absolute Gasteiger partial charge is 0.233 e. The van der Waals surface area contributed by atoms with E-state index in [9.17, 15) is 19.6 Å². The highest BCUT2D eigenvalue weighted by molar-refractivity contribution is 7.16. The summed E-state index contributed by atoms with van der Waals surface area (Å²) in [5.41, 5.74) is 1.67. The maximum Gasteiger partial charge on any atom is 0.233 e. The Morgan fingerprint density at radius 1 is 1.11 bits per heavy atom. The minimum atomic E-state index is -0.249. The average molecular weight is 385 g/mol. The summed E-state index contributed by atoms with van der Waals surface area (Å²) < 4.78 is 0. The predicted octanol–water partition coefficient (Wildman–Crippen LogP) is 3.00. The SMILES string of the molecule is N#Cc1c(NC(=O)CCN2C(=O)C3CCCCC3C2=O)sc2c1CCCC2. The van der Waals surface area contributed by atoms with E-state index in [1.54, 1.807) is 0 Å². The van der Waals surface area contributed by atoms with Gasteiger partial charge in [0.15, 0.2) is 0 Å². The Hall–Kier alpha value is -2.20. The maximum atomic E-state index is 12.5. The Balaban J connectivity index is 1.39. The van der Waals surface area contributed by atoms with Crippen LogP contribution in [-0.2, 0) is 27.2 Å². The molecule has 0 bridgehead atoms. The molecule has 1 saturated heterocycles. The molecular weight excluding hydrogens is 362 g/mol. The molecular formula is C20H23N3O3S. The second-order valence-electron chi connectivity index (χ2n) is 7.65. The third kappa shape index (κ3) is 3.27. The largest absolute Gasteiger partial charge is 0.317 e. The van der Waals surface area contributed by atoms with Gasteiger partial charge in [-0.3, -0.25) is 19.3 Å². The molecule has 6 nitrogen and oxygen atoms in total. The molecule has 3 amide bonds. The van der Waals surface area contributed by atoms with Gasteiger partial charge >= 0.3 is 0 Å². The van der Waals surface area contributed by atoms with Gasteiger partial charge < -0.3 is 5.32 Å². The highest BCUT2D eigenvalue weighted by atomic mass is 32.1. The summed E-state index contributed by atoms with van der Waals surface area (Å²) in [6.07, 6.45) is 7.68. The van der Waals surface area contributed by atoms with Crippen LogP contribution in [0.1, 0.15) is 60.9 Å². The number of fused-ring (bicyclic) bond motifs is 2. The van der Waals surface area contributed by atoms with Gasteiger partial charge in [-0.2, -0.15) is 5.26 Å². The van der Waals surface area contributed by atoms with Crippen LogP contribution >= 0.6 is 11.3 Å². The maximum absolute atomic E-state index is 12.5. The van der Waals surface area contributed by atoms with E-state index in [1.165, 1.54) is 21.1 Å². The molecule has 7 heteroatoms. The highest BCUT2D eigenvalue weighted by Gasteiger charge is 2.47. The Bertz CT molecular complexity index is 814. The summed E-state index contributed by atoms with van der Waals surface area (Å²) in [7, 11) is 0. The lowest BCUT2D eigenvalue weighted by Gasteiger charge is -2.19.